The minimum absolute atomic E-state index is 0.299. The third kappa shape index (κ3) is 3.58. The Morgan fingerprint density at radius 2 is 1.39 bits per heavy atom. The molecule has 0 spiro atoms. The standard InChI is InChI=1S/C24H20N2O2/c1-2-28-24(27)22-17-26(21-11-7-4-8-12-21)23(25-22)20-15-13-19(14-16-20)18-9-5-3-6-10-18/h3-17H,2H2,1H3. The van der Waals surface area contributed by atoms with Gasteiger partial charge in [0.1, 0.15) is 5.82 Å². The van der Waals surface area contributed by atoms with Gasteiger partial charge in [-0.3, -0.25) is 4.57 Å². The Labute approximate surface area is 164 Å². The Balaban J connectivity index is 1.76. The van der Waals surface area contributed by atoms with Crippen LogP contribution in [-0.2, 0) is 4.74 Å². The molecule has 0 saturated carbocycles. The lowest BCUT2D eigenvalue weighted by Gasteiger charge is -2.08. The third-order valence-corrected chi connectivity index (χ3v) is 4.48. The predicted molar refractivity (Wildman–Crippen MR) is 110 cm³/mol. The van der Waals surface area contributed by atoms with Gasteiger partial charge in [-0.2, -0.15) is 0 Å². The van der Waals surface area contributed by atoms with Crippen molar-refractivity contribution in [3.63, 3.8) is 0 Å². The first kappa shape index (κ1) is 17.7. The second kappa shape index (κ2) is 7.92. The largest absolute Gasteiger partial charge is 0.461 e. The summed E-state index contributed by atoms with van der Waals surface area (Å²) in [5, 5.41) is 0. The van der Waals surface area contributed by atoms with E-state index in [1.54, 1.807) is 13.1 Å². The van der Waals surface area contributed by atoms with Gasteiger partial charge < -0.3 is 4.74 Å². The van der Waals surface area contributed by atoms with Crippen molar-refractivity contribution in [3.8, 4) is 28.2 Å². The molecule has 0 aliphatic carbocycles. The molecular formula is C24H20N2O2. The van der Waals surface area contributed by atoms with Crippen molar-refractivity contribution in [2.24, 2.45) is 0 Å². The number of hydrogen-bond acceptors (Lipinski definition) is 3. The molecule has 1 heterocycles. The number of para-hydroxylation sites is 1. The van der Waals surface area contributed by atoms with Gasteiger partial charge in [0.15, 0.2) is 5.69 Å². The number of nitrogens with zero attached hydrogens (tertiary/aromatic N) is 2. The lowest BCUT2D eigenvalue weighted by Crippen LogP contribution is -2.04. The maximum absolute atomic E-state index is 12.2. The molecule has 4 heteroatoms. The van der Waals surface area contributed by atoms with Crippen LogP contribution in [0.3, 0.4) is 0 Å². The summed E-state index contributed by atoms with van der Waals surface area (Å²) in [6.45, 7) is 2.10. The van der Waals surface area contributed by atoms with Gasteiger partial charge in [-0.25, -0.2) is 9.78 Å². The van der Waals surface area contributed by atoms with Gasteiger partial charge in [0.05, 0.1) is 6.61 Å². The Kier molecular flexibility index (Phi) is 5.02. The summed E-state index contributed by atoms with van der Waals surface area (Å²) in [5.41, 5.74) is 4.46. The van der Waals surface area contributed by atoms with Crippen LogP contribution in [0, 0.1) is 0 Å². The first-order valence-electron chi connectivity index (χ1n) is 9.24. The molecule has 0 radical (unpaired) electrons. The van der Waals surface area contributed by atoms with Crippen molar-refractivity contribution in [2.75, 3.05) is 6.61 Å². The maximum atomic E-state index is 12.2. The van der Waals surface area contributed by atoms with E-state index in [0.29, 0.717) is 18.1 Å². The Hall–Kier alpha value is -3.66. The van der Waals surface area contributed by atoms with Crippen molar-refractivity contribution in [1.29, 1.82) is 0 Å². The molecule has 1 aromatic heterocycles. The number of carbonyl (C=O) groups excluding carboxylic acids is 1. The van der Waals surface area contributed by atoms with E-state index in [9.17, 15) is 4.79 Å². The lowest BCUT2D eigenvalue weighted by molar-refractivity contribution is 0.0520. The van der Waals surface area contributed by atoms with Gasteiger partial charge in [-0.1, -0.05) is 72.8 Å². The highest BCUT2D eigenvalue weighted by atomic mass is 16.5. The topological polar surface area (TPSA) is 44.1 Å². The average Bonchev–Trinajstić information content (AvgIpc) is 3.21. The van der Waals surface area contributed by atoms with Gasteiger partial charge in [-0.05, 0) is 30.2 Å². The first-order valence-corrected chi connectivity index (χ1v) is 9.24. The quantitative estimate of drug-likeness (QED) is 0.444. The summed E-state index contributed by atoms with van der Waals surface area (Å²) >= 11 is 0. The molecule has 3 aromatic carbocycles. The molecule has 0 amide bonds. The van der Waals surface area contributed by atoms with E-state index in [1.807, 2.05) is 65.2 Å². The van der Waals surface area contributed by atoms with E-state index in [0.717, 1.165) is 22.4 Å². The van der Waals surface area contributed by atoms with Crippen LogP contribution in [0.5, 0.6) is 0 Å². The number of benzene rings is 3. The molecule has 4 aromatic rings. The van der Waals surface area contributed by atoms with Gasteiger partial charge in [0.2, 0.25) is 0 Å². The summed E-state index contributed by atoms with van der Waals surface area (Å²) in [6.07, 6.45) is 1.73. The van der Waals surface area contributed by atoms with Crippen molar-refractivity contribution in [1.82, 2.24) is 9.55 Å². The summed E-state index contributed by atoms with van der Waals surface area (Å²) in [7, 11) is 0. The van der Waals surface area contributed by atoms with Crippen LogP contribution < -0.4 is 0 Å². The highest BCUT2D eigenvalue weighted by Crippen LogP contribution is 2.27. The summed E-state index contributed by atoms with van der Waals surface area (Å²) in [4.78, 5) is 16.8. The van der Waals surface area contributed by atoms with Crippen LogP contribution in [0.25, 0.3) is 28.2 Å². The normalized spacial score (nSPS) is 10.6. The minimum atomic E-state index is -0.417. The second-order valence-corrected chi connectivity index (χ2v) is 6.32. The van der Waals surface area contributed by atoms with Crippen LogP contribution in [0.4, 0.5) is 0 Å². The van der Waals surface area contributed by atoms with Gasteiger partial charge in [0.25, 0.3) is 0 Å². The molecule has 138 valence electrons. The number of aromatic nitrogens is 2. The fourth-order valence-corrected chi connectivity index (χ4v) is 3.12. The average molecular weight is 368 g/mol. The first-order chi connectivity index (χ1) is 13.8. The number of rotatable bonds is 5. The lowest BCUT2D eigenvalue weighted by atomic mass is 10.0. The predicted octanol–water partition coefficient (Wildman–Crippen LogP) is 5.38. The molecule has 0 saturated heterocycles. The molecule has 0 atom stereocenters. The van der Waals surface area contributed by atoms with E-state index < -0.39 is 5.97 Å². The fraction of sp³-hybridized carbons (Fsp3) is 0.0833. The van der Waals surface area contributed by atoms with Crippen molar-refractivity contribution < 1.29 is 9.53 Å². The van der Waals surface area contributed by atoms with Gasteiger partial charge in [-0.15, -0.1) is 0 Å². The number of carbonyl (C=O) groups is 1. The minimum Gasteiger partial charge on any atom is -0.461 e. The number of esters is 1. The summed E-state index contributed by atoms with van der Waals surface area (Å²) in [5.74, 6) is 0.285. The number of ether oxygens (including phenoxy) is 1. The summed E-state index contributed by atoms with van der Waals surface area (Å²) in [6, 6.07) is 28.3. The molecule has 0 bridgehead atoms. The Morgan fingerprint density at radius 1 is 0.821 bits per heavy atom. The zero-order valence-corrected chi connectivity index (χ0v) is 15.6. The zero-order chi connectivity index (χ0) is 19.3. The van der Waals surface area contributed by atoms with E-state index in [-0.39, 0.29) is 0 Å². The monoisotopic (exact) mass is 368 g/mol. The molecule has 0 aliphatic heterocycles. The van der Waals surface area contributed by atoms with Crippen molar-refractivity contribution in [2.45, 2.75) is 6.92 Å². The van der Waals surface area contributed by atoms with Crippen LogP contribution in [-0.4, -0.2) is 22.1 Å². The zero-order valence-electron chi connectivity index (χ0n) is 15.6. The summed E-state index contributed by atoms with van der Waals surface area (Å²) < 4.78 is 7.05. The van der Waals surface area contributed by atoms with E-state index in [1.165, 1.54) is 0 Å². The second-order valence-electron chi connectivity index (χ2n) is 6.32. The smallest absolute Gasteiger partial charge is 0.358 e. The molecule has 28 heavy (non-hydrogen) atoms. The Bertz CT molecular complexity index is 1070. The van der Waals surface area contributed by atoms with Gasteiger partial charge >= 0.3 is 5.97 Å². The van der Waals surface area contributed by atoms with E-state index >= 15 is 0 Å². The van der Waals surface area contributed by atoms with Crippen LogP contribution in [0.15, 0.2) is 91.1 Å². The molecule has 0 unspecified atom stereocenters. The number of imidazole rings is 1. The highest BCUT2D eigenvalue weighted by Gasteiger charge is 2.17. The molecule has 0 N–H and O–H groups in total. The molecule has 0 fully saturated rings. The van der Waals surface area contributed by atoms with Crippen molar-refractivity contribution >= 4 is 5.97 Å². The highest BCUT2D eigenvalue weighted by molar-refractivity contribution is 5.88. The molecular weight excluding hydrogens is 348 g/mol. The number of hydrogen-bond donors (Lipinski definition) is 0. The Morgan fingerprint density at radius 3 is 2.04 bits per heavy atom. The maximum Gasteiger partial charge on any atom is 0.358 e. The van der Waals surface area contributed by atoms with Crippen LogP contribution in [0.1, 0.15) is 17.4 Å². The third-order valence-electron chi connectivity index (χ3n) is 4.48. The molecule has 4 rings (SSSR count). The van der Waals surface area contributed by atoms with Gasteiger partial charge in [0, 0.05) is 17.4 Å². The molecule has 0 aliphatic rings. The fourth-order valence-electron chi connectivity index (χ4n) is 3.12. The van der Waals surface area contributed by atoms with E-state index in [4.69, 9.17) is 4.74 Å². The molecule has 4 nitrogen and oxygen atoms in total. The van der Waals surface area contributed by atoms with Crippen LogP contribution >= 0.6 is 0 Å². The van der Waals surface area contributed by atoms with E-state index in [2.05, 4.69) is 29.2 Å². The van der Waals surface area contributed by atoms with Crippen molar-refractivity contribution in [3.05, 3.63) is 96.8 Å². The van der Waals surface area contributed by atoms with Crippen LogP contribution in [0.2, 0.25) is 0 Å². The SMILES string of the molecule is CCOC(=O)c1cn(-c2ccccc2)c(-c2ccc(-c3ccccc3)cc2)n1.